The maximum Gasteiger partial charge on any atom is 0.256 e. The number of rotatable bonds is 10. The first kappa shape index (κ1) is 21.7. The second-order valence-corrected chi connectivity index (χ2v) is 7.75. The van der Waals surface area contributed by atoms with Gasteiger partial charge in [0, 0.05) is 25.4 Å². The molecule has 1 aromatic carbocycles. The average Bonchev–Trinajstić information content (AvgIpc) is 2.67. The van der Waals surface area contributed by atoms with E-state index in [1.807, 2.05) is 38.1 Å². The van der Waals surface area contributed by atoms with Gasteiger partial charge in [0.2, 0.25) is 0 Å². The quantitative estimate of drug-likeness (QED) is 0.612. The molecule has 0 bridgehead atoms. The molecule has 0 saturated carbocycles. The summed E-state index contributed by atoms with van der Waals surface area (Å²) in [6.07, 6.45) is 6.60. The molecular weight excluding hydrogens is 340 g/mol. The van der Waals surface area contributed by atoms with Crippen molar-refractivity contribution in [3.05, 3.63) is 24.3 Å². The van der Waals surface area contributed by atoms with Crippen molar-refractivity contribution in [3.63, 3.8) is 0 Å². The smallest absolute Gasteiger partial charge is 0.256 e. The molecule has 1 N–H and O–H groups in total. The van der Waals surface area contributed by atoms with E-state index >= 15 is 0 Å². The van der Waals surface area contributed by atoms with E-state index < -0.39 is 5.60 Å². The minimum Gasteiger partial charge on any atom is -0.494 e. The van der Waals surface area contributed by atoms with Gasteiger partial charge < -0.3 is 19.7 Å². The van der Waals surface area contributed by atoms with Gasteiger partial charge in [0.1, 0.15) is 11.4 Å². The summed E-state index contributed by atoms with van der Waals surface area (Å²) in [5, 5.41) is 2.93. The molecule has 2 unspecified atom stereocenters. The van der Waals surface area contributed by atoms with Crippen LogP contribution in [-0.2, 0) is 9.53 Å². The highest BCUT2D eigenvalue weighted by Gasteiger charge is 2.32. The van der Waals surface area contributed by atoms with E-state index in [-0.39, 0.29) is 5.91 Å². The number of carbonyl (C=O) groups excluding carboxylic acids is 1. The van der Waals surface area contributed by atoms with Crippen molar-refractivity contribution in [1.29, 1.82) is 0 Å². The molecule has 0 spiro atoms. The monoisotopic (exact) mass is 376 g/mol. The summed E-state index contributed by atoms with van der Waals surface area (Å²) in [6.45, 7) is 9.22. The number of likely N-dealkylation sites (tertiary alicyclic amines) is 1. The predicted molar refractivity (Wildman–Crippen MR) is 110 cm³/mol. The molecule has 2 atom stereocenters. The molecule has 0 radical (unpaired) electrons. The third-order valence-corrected chi connectivity index (χ3v) is 5.57. The standard InChI is InChI=1S/C22H36N2O3/c1-5-14-22(3,26-4)21(25)23-19-10-12-20(13-11-19)27-17-8-16-24-15-7-6-9-18(24)2/h10-13,18H,5-9,14-17H2,1-4H3,(H,23,25). The molecule has 2 rings (SSSR count). The van der Waals surface area contributed by atoms with E-state index in [9.17, 15) is 4.79 Å². The van der Waals surface area contributed by atoms with E-state index in [1.54, 1.807) is 7.11 Å². The number of piperidine rings is 1. The number of nitrogens with zero attached hydrogens (tertiary/aromatic N) is 1. The Bertz CT molecular complexity index is 575. The summed E-state index contributed by atoms with van der Waals surface area (Å²) in [5.41, 5.74) is -0.0379. The lowest BCUT2D eigenvalue weighted by Gasteiger charge is -2.33. The Labute approximate surface area is 164 Å². The van der Waals surface area contributed by atoms with E-state index in [1.165, 1.54) is 25.8 Å². The van der Waals surface area contributed by atoms with Crippen molar-refractivity contribution in [2.75, 3.05) is 32.1 Å². The van der Waals surface area contributed by atoms with Gasteiger partial charge >= 0.3 is 0 Å². The van der Waals surface area contributed by atoms with Gasteiger partial charge in [-0.15, -0.1) is 0 Å². The molecule has 152 valence electrons. The zero-order valence-corrected chi connectivity index (χ0v) is 17.4. The van der Waals surface area contributed by atoms with Crippen molar-refractivity contribution in [1.82, 2.24) is 4.90 Å². The fourth-order valence-electron chi connectivity index (χ4n) is 3.63. The van der Waals surface area contributed by atoms with Crippen molar-refractivity contribution < 1.29 is 14.3 Å². The number of carbonyl (C=O) groups is 1. The first-order chi connectivity index (χ1) is 13.0. The Morgan fingerprint density at radius 2 is 2.04 bits per heavy atom. The van der Waals surface area contributed by atoms with E-state index in [0.717, 1.165) is 30.8 Å². The maximum atomic E-state index is 12.5. The Morgan fingerprint density at radius 1 is 1.30 bits per heavy atom. The van der Waals surface area contributed by atoms with Gasteiger partial charge in [0.15, 0.2) is 0 Å². The number of hydrogen-bond acceptors (Lipinski definition) is 4. The zero-order valence-electron chi connectivity index (χ0n) is 17.4. The molecule has 1 aromatic rings. The van der Waals surface area contributed by atoms with E-state index in [2.05, 4.69) is 17.1 Å². The van der Waals surface area contributed by atoms with Gasteiger partial charge in [-0.25, -0.2) is 0 Å². The summed E-state index contributed by atoms with van der Waals surface area (Å²) >= 11 is 0. The van der Waals surface area contributed by atoms with Crippen molar-refractivity contribution >= 4 is 11.6 Å². The van der Waals surface area contributed by atoms with Crippen LogP contribution in [0.15, 0.2) is 24.3 Å². The van der Waals surface area contributed by atoms with Crippen LogP contribution in [-0.4, -0.2) is 49.3 Å². The van der Waals surface area contributed by atoms with Crippen molar-refractivity contribution in [2.45, 2.75) is 70.9 Å². The van der Waals surface area contributed by atoms with Crippen LogP contribution in [0.1, 0.15) is 59.3 Å². The Balaban J connectivity index is 1.75. The first-order valence-electron chi connectivity index (χ1n) is 10.3. The van der Waals surface area contributed by atoms with Gasteiger partial charge in [-0.05, 0) is 70.3 Å². The van der Waals surface area contributed by atoms with Crippen LogP contribution in [0.5, 0.6) is 5.75 Å². The van der Waals surface area contributed by atoms with Gasteiger partial charge in [-0.3, -0.25) is 4.79 Å². The van der Waals surface area contributed by atoms with Crippen LogP contribution in [0.4, 0.5) is 5.69 Å². The van der Waals surface area contributed by atoms with Crippen LogP contribution in [0.3, 0.4) is 0 Å². The van der Waals surface area contributed by atoms with Gasteiger partial charge in [0.05, 0.1) is 6.61 Å². The summed E-state index contributed by atoms with van der Waals surface area (Å²) in [5.74, 6) is 0.721. The lowest BCUT2D eigenvalue weighted by atomic mass is 9.99. The Morgan fingerprint density at radius 3 is 2.67 bits per heavy atom. The second kappa shape index (κ2) is 10.7. The fourth-order valence-corrected chi connectivity index (χ4v) is 3.63. The second-order valence-electron chi connectivity index (χ2n) is 7.75. The molecule has 5 nitrogen and oxygen atoms in total. The molecule has 0 aliphatic carbocycles. The van der Waals surface area contributed by atoms with Gasteiger partial charge in [0.25, 0.3) is 5.91 Å². The predicted octanol–water partition coefficient (Wildman–Crippen LogP) is 4.47. The molecular formula is C22H36N2O3. The lowest BCUT2D eigenvalue weighted by molar-refractivity contribution is -0.136. The SMILES string of the molecule is CCCC(C)(OC)C(=O)Nc1ccc(OCCCN2CCCCC2C)cc1. The summed E-state index contributed by atoms with van der Waals surface area (Å²) in [6, 6.07) is 8.27. The summed E-state index contributed by atoms with van der Waals surface area (Å²) < 4.78 is 11.3. The lowest BCUT2D eigenvalue weighted by Crippen LogP contribution is -2.41. The van der Waals surface area contributed by atoms with Crippen LogP contribution in [0, 0.1) is 0 Å². The number of methoxy groups -OCH3 is 1. The fraction of sp³-hybridized carbons (Fsp3) is 0.682. The molecule has 1 fully saturated rings. The Hall–Kier alpha value is -1.59. The number of hydrogen-bond donors (Lipinski definition) is 1. The van der Waals surface area contributed by atoms with E-state index in [4.69, 9.17) is 9.47 Å². The molecule has 1 heterocycles. The highest BCUT2D eigenvalue weighted by atomic mass is 16.5. The van der Waals surface area contributed by atoms with Gasteiger partial charge in [-0.2, -0.15) is 0 Å². The minimum atomic E-state index is -0.796. The number of amides is 1. The average molecular weight is 377 g/mol. The Kier molecular flexibility index (Phi) is 8.58. The van der Waals surface area contributed by atoms with Crippen molar-refractivity contribution in [2.24, 2.45) is 0 Å². The normalized spacial score (nSPS) is 20.1. The zero-order chi connectivity index (χ0) is 19.7. The number of ether oxygens (including phenoxy) is 2. The minimum absolute atomic E-state index is 0.115. The summed E-state index contributed by atoms with van der Waals surface area (Å²) in [4.78, 5) is 15.0. The molecule has 1 saturated heterocycles. The highest BCUT2D eigenvalue weighted by molar-refractivity contribution is 5.97. The van der Waals surface area contributed by atoms with Crippen LogP contribution < -0.4 is 10.1 Å². The van der Waals surface area contributed by atoms with E-state index in [0.29, 0.717) is 19.1 Å². The van der Waals surface area contributed by atoms with Crippen LogP contribution >= 0.6 is 0 Å². The molecule has 1 amide bonds. The third kappa shape index (κ3) is 6.51. The third-order valence-electron chi connectivity index (χ3n) is 5.57. The number of anilines is 1. The molecule has 0 aromatic heterocycles. The highest BCUT2D eigenvalue weighted by Crippen LogP contribution is 2.22. The summed E-state index contributed by atoms with van der Waals surface area (Å²) in [7, 11) is 1.58. The molecule has 1 aliphatic heterocycles. The number of benzene rings is 1. The topological polar surface area (TPSA) is 50.8 Å². The van der Waals surface area contributed by atoms with Crippen molar-refractivity contribution in [3.8, 4) is 5.75 Å². The van der Waals surface area contributed by atoms with Crippen LogP contribution in [0.2, 0.25) is 0 Å². The maximum absolute atomic E-state index is 12.5. The van der Waals surface area contributed by atoms with Crippen LogP contribution in [0.25, 0.3) is 0 Å². The largest absolute Gasteiger partial charge is 0.494 e. The first-order valence-corrected chi connectivity index (χ1v) is 10.3. The molecule has 5 heteroatoms. The van der Waals surface area contributed by atoms with Gasteiger partial charge in [-0.1, -0.05) is 19.8 Å². The molecule has 1 aliphatic rings. The molecule has 27 heavy (non-hydrogen) atoms. The number of nitrogens with one attached hydrogen (secondary N) is 1.